The number of hydrogen-bond donors (Lipinski definition) is 2. The fraction of sp³-hybridized carbons (Fsp3) is 0.167. The van der Waals surface area contributed by atoms with Crippen LogP contribution in [0.25, 0.3) is 11.1 Å². The first kappa shape index (κ1) is 25.0. The van der Waals surface area contributed by atoms with Gasteiger partial charge in [-0.15, -0.1) is 0 Å². The van der Waals surface area contributed by atoms with Crippen LogP contribution in [0.5, 0.6) is 5.75 Å². The monoisotopic (exact) mass is 493 g/mol. The minimum Gasteiger partial charge on any atom is -0.449 e. The lowest BCUT2D eigenvalue weighted by Crippen LogP contribution is -2.46. The van der Waals surface area contributed by atoms with Gasteiger partial charge < -0.3 is 14.9 Å². The fourth-order valence-corrected chi connectivity index (χ4v) is 3.94. The summed E-state index contributed by atoms with van der Waals surface area (Å²) in [6.45, 7) is 1.17. The molecular formula is C24H16ClF4NO4. The summed E-state index contributed by atoms with van der Waals surface area (Å²) in [6, 6.07) is 13.7. The molecule has 2 N–H and O–H groups in total. The topological polar surface area (TPSA) is 90.6 Å². The van der Waals surface area contributed by atoms with E-state index in [-0.39, 0.29) is 21.7 Å². The fourth-order valence-electron chi connectivity index (χ4n) is 3.60. The number of benzene rings is 3. The molecule has 0 amide bonds. The summed E-state index contributed by atoms with van der Waals surface area (Å²) < 4.78 is 60.7. The van der Waals surface area contributed by atoms with Crippen molar-refractivity contribution in [1.82, 2.24) is 0 Å². The van der Waals surface area contributed by atoms with Crippen LogP contribution in [0.1, 0.15) is 29.5 Å². The Morgan fingerprint density at radius 1 is 1.06 bits per heavy atom. The smallest absolute Gasteiger partial charge is 0.449 e. The van der Waals surface area contributed by atoms with Crippen molar-refractivity contribution in [2.45, 2.75) is 24.6 Å². The van der Waals surface area contributed by atoms with E-state index >= 15 is 0 Å². The number of rotatable bonds is 5. The summed E-state index contributed by atoms with van der Waals surface area (Å²) in [6.07, 6.45) is -6.77. The predicted molar refractivity (Wildman–Crippen MR) is 115 cm³/mol. The molecular weight excluding hydrogens is 478 g/mol. The lowest BCUT2D eigenvalue weighted by atomic mass is 9.77. The summed E-state index contributed by atoms with van der Waals surface area (Å²) in [5.74, 6) is -3.02. The van der Waals surface area contributed by atoms with Gasteiger partial charge in [-0.3, -0.25) is 0 Å². The summed E-state index contributed by atoms with van der Waals surface area (Å²) in [7, 11) is 0. The largest absolute Gasteiger partial charge is 0.511 e. The van der Waals surface area contributed by atoms with Crippen LogP contribution >= 0.6 is 11.6 Å². The molecule has 0 aromatic heterocycles. The summed E-state index contributed by atoms with van der Waals surface area (Å²) in [5.41, 5.74) is -3.03. The Morgan fingerprint density at radius 2 is 1.65 bits per heavy atom. The van der Waals surface area contributed by atoms with Crippen molar-refractivity contribution in [1.29, 1.82) is 5.26 Å². The highest BCUT2D eigenvalue weighted by molar-refractivity contribution is 6.31. The molecule has 5 nitrogen and oxygen atoms in total. The number of nitrogens with zero attached hydrogens (tertiary/aromatic N) is 1. The number of aliphatic hydroxyl groups is 1. The minimum absolute atomic E-state index is 0.0131. The number of ether oxygens (including phenoxy) is 1. The van der Waals surface area contributed by atoms with E-state index < -0.39 is 41.0 Å². The summed E-state index contributed by atoms with van der Waals surface area (Å²) >= 11 is 6.29. The van der Waals surface area contributed by atoms with E-state index in [1.54, 1.807) is 6.07 Å². The first-order valence-corrected chi connectivity index (χ1v) is 10.1. The van der Waals surface area contributed by atoms with Gasteiger partial charge in [0.05, 0.1) is 11.6 Å². The van der Waals surface area contributed by atoms with E-state index in [0.29, 0.717) is 5.56 Å². The van der Waals surface area contributed by atoms with Crippen LogP contribution in [0.3, 0.4) is 0 Å². The third kappa shape index (κ3) is 4.69. The molecule has 0 fully saturated rings. The number of nitriles is 1. The molecule has 2 atom stereocenters. The van der Waals surface area contributed by atoms with Crippen molar-refractivity contribution in [3.8, 4) is 22.9 Å². The highest BCUT2D eigenvalue weighted by Crippen LogP contribution is 2.50. The maximum Gasteiger partial charge on any atom is 0.511 e. The minimum atomic E-state index is -5.08. The molecule has 0 aliphatic heterocycles. The Labute approximate surface area is 196 Å². The van der Waals surface area contributed by atoms with Crippen LogP contribution in [0.2, 0.25) is 5.02 Å². The maximum atomic E-state index is 14.1. The molecule has 0 heterocycles. The number of alkyl halides is 3. The quantitative estimate of drug-likeness (QED) is 0.236. The molecule has 2 unspecified atom stereocenters. The second-order valence-electron chi connectivity index (χ2n) is 7.42. The van der Waals surface area contributed by atoms with E-state index in [1.165, 1.54) is 43.3 Å². The average molecular weight is 494 g/mol. The first-order valence-electron chi connectivity index (χ1n) is 9.68. The van der Waals surface area contributed by atoms with Gasteiger partial charge in [-0.2, -0.15) is 18.4 Å². The van der Waals surface area contributed by atoms with Crippen LogP contribution in [-0.2, 0) is 5.60 Å². The zero-order chi connectivity index (χ0) is 25.3. The molecule has 0 bridgehead atoms. The molecule has 3 rings (SSSR count). The maximum absolute atomic E-state index is 14.1. The van der Waals surface area contributed by atoms with Crippen LogP contribution in [-0.4, -0.2) is 22.5 Å². The lowest BCUT2D eigenvalue weighted by Gasteiger charge is -2.37. The van der Waals surface area contributed by atoms with Crippen molar-refractivity contribution in [2.24, 2.45) is 0 Å². The molecule has 0 spiro atoms. The van der Waals surface area contributed by atoms with E-state index in [0.717, 1.165) is 24.3 Å². The second kappa shape index (κ2) is 9.33. The van der Waals surface area contributed by atoms with Crippen molar-refractivity contribution in [3.63, 3.8) is 0 Å². The molecule has 0 saturated carbocycles. The molecule has 3 aromatic carbocycles. The highest BCUT2D eigenvalue weighted by atomic mass is 35.5. The van der Waals surface area contributed by atoms with Crippen molar-refractivity contribution in [2.75, 3.05) is 0 Å². The Morgan fingerprint density at radius 3 is 2.15 bits per heavy atom. The van der Waals surface area contributed by atoms with Crippen LogP contribution < -0.4 is 4.74 Å². The van der Waals surface area contributed by atoms with Gasteiger partial charge in [0.2, 0.25) is 0 Å². The standard InChI is InChI=1S/C24H16ClF4NO4/c1-13(23(33,24(27,28)29)17-6-2-14(12-30)3-7-17)18-8-4-15(10-19(18)25)16-5-9-21(20(26)11-16)34-22(31)32/h2-11,13,33H,1H3,(H,31,32). The molecule has 176 valence electrons. The van der Waals surface area contributed by atoms with E-state index in [9.17, 15) is 27.5 Å². The van der Waals surface area contributed by atoms with Gasteiger partial charge in [-0.25, -0.2) is 9.18 Å². The lowest BCUT2D eigenvalue weighted by molar-refractivity contribution is -0.274. The normalized spacial score (nSPS) is 14.1. The molecule has 0 saturated heterocycles. The van der Waals surface area contributed by atoms with Gasteiger partial charge in [0, 0.05) is 10.9 Å². The van der Waals surface area contributed by atoms with Crippen LogP contribution in [0.15, 0.2) is 60.7 Å². The Bertz CT molecular complexity index is 1270. The van der Waals surface area contributed by atoms with E-state index in [1.807, 2.05) is 0 Å². The summed E-state index contributed by atoms with van der Waals surface area (Å²) in [5, 5.41) is 28.3. The van der Waals surface area contributed by atoms with Crippen LogP contribution in [0.4, 0.5) is 22.4 Å². The molecule has 34 heavy (non-hydrogen) atoms. The van der Waals surface area contributed by atoms with Gasteiger partial charge >= 0.3 is 12.3 Å². The summed E-state index contributed by atoms with van der Waals surface area (Å²) in [4.78, 5) is 10.6. The van der Waals surface area contributed by atoms with E-state index in [4.69, 9.17) is 22.0 Å². The first-order chi connectivity index (χ1) is 15.9. The van der Waals surface area contributed by atoms with Gasteiger partial charge in [0.25, 0.3) is 0 Å². The molecule has 3 aromatic rings. The van der Waals surface area contributed by atoms with Crippen molar-refractivity contribution >= 4 is 17.8 Å². The zero-order valence-electron chi connectivity index (χ0n) is 17.4. The Kier molecular flexibility index (Phi) is 6.87. The van der Waals surface area contributed by atoms with Crippen LogP contribution in [0, 0.1) is 17.1 Å². The SMILES string of the molecule is CC(c1ccc(-c2ccc(OC(=O)O)c(F)c2)cc1Cl)C(O)(c1ccc(C#N)cc1)C(F)(F)F. The Balaban J connectivity index is 2.01. The van der Waals surface area contributed by atoms with Gasteiger partial charge in [0.1, 0.15) is 0 Å². The van der Waals surface area contributed by atoms with Crippen molar-refractivity contribution < 1.29 is 37.3 Å². The van der Waals surface area contributed by atoms with Gasteiger partial charge in [-0.05, 0) is 52.6 Å². The molecule has 0 aliphatic carbocycles. The number of halogens is 5. The van der Waals surface area contributed by atoms with E-state index in [2.05, 4.69) is 4.74 Å². The van der Waals surface area contributed by atoms with Gasteiger partial charge in [0.15, 0.2) is 17.2 Å². The third-order valence-electron chi connectivity index (χ3n) is 5.44. The number of carbonyl (C=O) groups is 1. The zero-order valence-corrected chi connectivity index (χ0v) is 18.2. The molecule has 0 aliphatic rings. The number of hydrogen-bond acceptors (Lipinski definition) is 4. The molecule has 10 heteroatoms. The highest BCUT2D eigenvalue weighted by Gasteiger charge is 2.58. The van der Waals surface area contributed by atoms with Gasteiger partial charge in [-0.1, -0.05) is 48.9 Å². The third-order valence-corrected chi connectivity index (χ3v) is 5.77. The second-order valence-corrected chi connectivity index (χ2v) is 7.83. The Hall–Kier alpha value is -3.61. The predicted octanol–water partition coefficient (Wildman–Crippen LogP) is 6.63. The average Bonchev–Trinajstić information content (AvgIpc) is 2.78. The number of carboxylic acid groups (broad SMARTS) is 1. The molecule has 0 radical (unpaired) electrons. The van der Waals surface area contributed by atoms with Crippen molar-refractivity contribution in [3.05, 3.63) is 88.2 Å².